The fraction of sp³-hybridized carbons (Fsp3) is 0.538. The van der Waals surface area contributed by atoms with Crippen molar-refractivity contribution in [2.24, 2.45) is 0 Å². The third kappa shape index (κ3) is 4.30. The summed E-state index contributed by atoms with van der Waals surface area (Å²) in [6, 6.07) is 2.74. The molecule has 0 fully saturated rings. The molecule has 0 heterocycles. The molecule has 0 saturated carbocycles. The van der Waals surface area contributed by atoms with Gasteiger partial charge in [0.05, 0.1) is 11.1 Å². The third-order valence-electron chi connectivity index (χ3n) is 2.71. The van der Waals surface area contributed by atoms with Crippen molar-refractivity contribution in [1.29, 1.82) is 0 Å². The second-order valence-corrected chi connectivity index (χ2v) is 5.00. The van der Waals surface area contributed by atoms with Crippen LogP contribution in [0.3, 0.4) is 0 Å². The second kappa shape index (κ2) is 7.81. The lowest BCUT2D eigenvalue weighted by Gasteiger charge is -2.17. The zero-order chi connectivity index (χ0) is 13.5. The molecule has 18 heavy (non-hydrogen) atoms. The Bertz CT molecular complexity index is 381. The Morgan fingerprint density at radius 2 is 2.11 bits per heavy atom. The fourth-order valence-corrected chi connectivity index (χ4v) is 2.14. The maximum Gasteiger partial charge on any atom is 0.144 e. The van der Waals surface area contributed by atoms with Crippen molar-refractivity contribution in [2.45, 2.75) is 32.4 Å². The molecule has 1 aromatic rings. The van der Waals surface area contributed by atoms with Gasteiger partial charge >= 0.3 is 0 Å². The molecule has 102 valence electrons. The standard InChI is InChI=1S/C13H18BrF2NO/c1-3-4-9(8-18-2)17-7-10-12(15)6-5-11(14)13(10)16/h5-6,9,17H,3-4,7-8H2,1-2H3. The van der Waals surface area contributed by atoms with Gasteiger partial charge in [0.1, 0.15) is 11.6 Å². The lowest BCUT2D eigenvalue weighted by molar-refractivity contribution is 0.161. The molecular weight excluding hydrogens is 304 g/mol. The lowest BCUT2D eigenvalue weighted by atomic mass is 10.1. The lowest BCUT2D eigenvalue weighted by Crippen LogP contribution is -2.33. The molecule has 1 atom stereocenters. The van der Waals surface area contributed by atoms with Crippen LogP contribution in [0.25, 0.3) is 0 Å². The Morgan fingerprint density at radius 3 is 2.72 bits per heavy atom. The van der Waals surface area contributed by atoms with E-state index in [0.29, 0.717) is 6.61 Å². The molecule has 1 rings (SSSR count). The zero-order valence-electron chi connectivity index (χ0n) is 10.6. The van der Waals surface area contributed by atoms with E-state index in [4.69, 9.17) is 4.74 Å². The van der Waals surface area contributed by atoms with Gasteiger partial charge in [-0.1, -0.05) is 13.3 Å². The normalized spacial score (nSPS) is 12.7. The van der Waals surface area contributed by atoms with E-state index < -0.39 is 11.6 Å². The quantitative estimate of drug-likeness (QED) is 0.774. The molecule has 2 nitrogen and oxygen atoms in total. The Morgan fingerprint density at radius 1 is 1.39 bits per heavy atom. The summed E-state index contributed by atoms with van der Waals surface area (Å²) in [5.74, 6) is -1.08. The molecule has 1 N–H and O–H groups in total. The number of hydrogen-bond donors (Lipinski definition) is 1. The molecule has 0 amide bonds. The predicted octanol–water partition coefficient (Wildman–Crippen LogP) is 3.63. The van der Waals surface area contributed by atoms with Crippen molar-refractivity contribution in [3.63, 3.8) is 0 Å². The average Bonchev–Trinajstić information content (AvgIpc) is 2.34. The highest BCUT2D eigenvalue weighted by molar-refractivity contribution is 9.10. The van der Waals surface area contributed by atoms with E-state index in [1.165, 1.54) is 12.1 Å². The topological polar surface area (TPSA) is 21.3 Å². The maximum atomic E-state index is 13.7. The van der Waals surface area contributed by atoms with Crippen LogP contribution in [0.4, 0.5) is 8.78 Å². The van der Waals surface area contributed by atoms with E-state index in [1.54, 1.807) is 7.11 Å². The summed E-state index contributed by atoms with van der Waals surface area (Å²) in [7, 11) is 1.62. The third-order valence-corrected chi connectivity index (χ3v) is 3.32. The minimum atomic E-state index is -0.546. The average molecular weight is 322 g/mol. The van der Waals surface area contributed by atoms with Crippen LogP contribution in [0, 0.1) is 11.6 Å². The molecule has 0 aliphatic heterocycles. The Labute approximate surface area is 115 Å². The van der Waals surface area contributed by atoms with E-state index in [9.17, 15) is 8.78 Å². The van der Waals surface area contributed by atoms with Crippen LogP contribution in [0.5, 0.6) is 0 Å². The molecule has 0 saturated heterocycles. The van der Waals surface area contributed by atoms with Crippen LogP contribution in [-0.4, -0.2) is 19.8 Å². The summed E-state index contributed by atoms with van der Waals surface area (Å²) in [5.41, 5.74) is 0.0570. The molecular formula is C13H18BrF2NO. The van der Waals surface area contributed by atoms with Crippen molar-refractivity contribution < 1.29 is 13.5 Å². The van der Waals surface area contributed by atoms with Gasteiger partial charge in [-0.15, -0.1) is 0 Å². The number of hydrogen-bond acceptors (Lipinski definition) is 2. The summed E-state index contributed by atoms with van der Waals surface area (Å²) >= 11 is 3.05. The fourth-order valence-electron chi connectivity index (χ4n) is 1.77. The van der Waals surface area contributed by atoms with Gasteiger partial charge in [-0.3, -0.25) is 0 Å². The van der Waals surface area contributed by atoms with Crippen LogP contribution in [0.1, 0.15) is 25.3 Å². The van der Waals surface area contributed by atoms with Crippen molar-refractivity contribution in [1.82, 2.24) is 5.32 Å². The molecule has 0 radical (unpaired) electrons. The van der Waals surface area contributed by atoms with Gasteiger partial charge < -0.3 is 10.1 Å². The number of methoxy groups -OCH3 is 1. The van der Waals surface area contributed by atoms with Gasteiger partial charge in [-0.05, 0) is 34.5 Å². The molecule has 5 heteroatoms. The summed E-state index contributed by atoms with van der Waals surface area (Å²) in [4.78, 5) is 0. The molecule has 0 aliphatic rings. The Hall–Kier alpha value is -0.520. The Balaban J connectivity index is 2.69. The minimum Gasteiger partial charge on any atom is -0.383 e. The van der Waals surface area contributed by atoms with Gasteiger partial charge in [0.25, 0.3) is 0 Å². The molecule has 1 aromatic carbocycles. The molecule has 0 aromatic heterocycles. The number of benzene rings is 1. The summed E-state index contributed by atoms with van der Waals surface area (Å²) in [6.45, 7) is 2.75. The van der Waals surface area contributed by atoms with Gasteiger partial charge in [0, 0.05) is 25.3 Å². The Kier molecular flexibility index (Phi) is 6.75. The van der Waals surface area contributed by atoms with Crippen LogP contribution in [0.15, 0.2) is 16.6 Å². The first-order valence-corrected chi connectivity index (χ1v) is 6.74. The highest BCUT2D eigenvalue weighted by Gasteiger charge is 2.14. The number of nitrogens with one attached hydrogen (secondary N) is 1. The summed E-state index contributed by atoms with van der Waals surface area (Å²) < 4.78 is 32.6. The van der Waals surface area contributed by atoms with E-state index >= 15 is 0 Å². The predicted molar refractivity (Wildman–Crippen MR) is 71.5 cm³/mol. The monoisotopic (exact) mass is 321 g/mol. The molecule has 0 aliphatic carbocycles. The second-order valence-electron chi connectivity index (χ2n) is 4.14. The van der Waals surface area contributed by atoms with Crippen LogP contribution < -0.4 is 5.32 Å². The highest BCUT2D eigenvalue weighted by Crippen LogP contribution is 2.21. The van der Waals surface area contributed by atoms with Crippen molar-refractivity contribution >= 4 is 15.9 Å². The van der Waals surface area contributed by atoms with Gasteiger partial charge in [0.15, 0.2) is 0 Å². The summed E-state index contributed by atoms with van der Waals surface area (Å²) in [6.07, 6.45) is 1.90. The maximum absolute atomic E-state index is 13.7. The number of halogens is 3. The first-order valence-electron chi connectivity index (χ1n) is 5.94. The van der Waals surface area contributed by atoms with Crippen LogP contribution in [-0.2, 0) is 11.3 Å². The first-order chi connectivity index (χ1) is 8.60. The number of rotatable bonds is 7. The van der Waals surface area contributed by atoms with E-state index in [2.05, 4.69) is 28.2 Å². The SMILES string of the molecule is CCCC(COC)NCc1c(F)ccc(Br)c1F. The largest absolute Gasteiger partial charge is 0.383 e. The van der Waals surface area contributed by atoms with Crippen LogP contribution in [0.2, 0.25) is 0 Å². The van der Waals surface area contributed by atoms with E-state index in [0.717, 1.165) is 12.8 Å². The van der Waals surface area contributed by atoms with Crippen LogP contribution >= 0.6 is 15.9 Å². The smallest absolute Gasteiger partial charge is 0.144 e. The van der Waals surface area contributed by atoms with Gasteiger partial charge in [-0.2, -0.15) is 0 Å². The van der Waals surface area contributed by atoms with Crippen molar-refractivity contribution in [3.05, 3.63) is 33.8 Å². The molecule has 1 unspecified atom stereocenters. The first kappa shape index (κ1) is 15.5. The van der Waals surface area contributed by atoms with Crippen molar-refractivity contribution in [2.75, 3.05) is 13.7 Å². The molecule has 0 bridgehead atoms. The van der Waals surface area contributed by atoms with Crippen molar-refractivity contribution in [3.8, 4) is 0 Å². The van der Waals surface area contributed by atoms with Gasteiger partial charge in [0.2, 0.25) is 0 Å². The van der Waals surface area contributed by atoms with Gasteiger partial charge in [-0.25, -0.2) is 8.78 Å². The minimum absolute atomic E-state index is 0.0570. The molecule has 0 spiro atoms. The zero-order valence-corrected chi connectivity index (χ0v) is 12.2. The highest BCUT2D eigenvalue weighted by atomic mass is 79.9. The van der Waals surface area contributed by atoms with E-state index in [1.807, 2.05) is 0 Å². The summed E-state index contributed by atoms with van der Waals surface area (Å²) in [5, 5.41) is 3.12. The number of ether oxygens (including phenoxy) is 1. The van der Waals surface area contributed by atoms with E-state index in [-0.39, 0.29) is 22.6 Å².